The van der Waals surface area contributed by atoms with Crippen LogP contribution in [0.3, 0.4) is 0 Å². The second-order valence-electron chi connectivity index (χ2n) is 21.1. The van der Waals surface area contributed by atoms with Crippen LogP contribution in [0.15, 0.2) is 115 Å². The number of hydrogen-bond acceptors (Lipinski definition) is 12. The first-order chi connectivity index (χ1) is 34.8. The lowest BCUT2D eigenvalue weighted by Gasteiger charge is -2.47. The van der Waals surface area contributed by atoms with Crippen LogP contribution in [-0.2, 0) is 23.1 Å². The highest BCUT2D eigenvalue weighted by molar-refractivity contribution is 6.01. The predicted octanol–water partition coefficient (Wildman–Crippen LogP) is 9.00. The number of phenols is 4. The number of carbonyl (C=O) groups is 1. The first-order valence-electron chi connectivity index (χ1n) is 25.6. The maximum absolute atomic E-state index is 16.4. The fourth-order valence-corrected chi connectivity index (χ4v) is 13.2. The number of methoxy groups -OCH3 is 1. The number of Topliss-reactive ketones (excluding diaryl/α,β-unsaturated/α-hetero) is 1. The van der Waals surface area contributed by atoms with Gasteiger partial charge in [-0.05, 0) is 170 Å². The summed E-state index contributed by atoms with van der Waals surface area (Å²) in [4.78, 5) is 19.8. The summed E-state index contributed by atoms with van der Waals surface area (Å²) in [5.74, 6) is -1.21. The number of rotatable bonds is 13. The molecule has 10 N–H and O–H groups in total. The number of aliphatic hydroxyl groups excluding tert-OH is 2. The van der Waals surface area contributed by atoms with Gasteiger partial charge in [-0.25, -0.2) is 0 Å². The van der Waals surface area contributed by atoms with Gasteiger partial charge in [-0.2, -0.15) is 0 Å². The van der Waals surface area contributed by atoms with Gasteiger partial charge in [0.1, 0.15) is 17.4 Å². The zero-order valence-electron chi connectivity index (χ0n) is 41.3. The first kappa shape index (κ1) is 48.9. The Morgan fingerprint density at radius 2 is 1.86 bits per heavy atom. The zero-order valence-corrected chi connectivity index (χ0v) is 41.3. The number of nitrogens with one attached hydrogen (secondary N) is 4. The van der Waals surface area contributed by atoms with Crippen LogP contribution in [-0.4, -0.2) is 87.5 Å². The molecule has 9 atom stereocenters. The molecule has 10 rings (SSSR count). The van der Waals surface area contributed by atoms with Crippen LogP contribution in [0.5, 0.6) is 34.5 Å². The van der Waals surface area contributed by atoms with E-state index in [0.717, 1.165) is 57.3 Å². The third-order valence-electron chi connectivity index (χ3n) is 16.5. The van der Waals surface area contributed by atoms with E-state index in [1.165, 1.54) is 7.11 Å². The van der Waals surface area contributed by atoms with Crippen LogP contribution >= 0.6 is 0 Å². The Morgan fingerprint density at radius 1 is 1.00 bits per heavy atom. The van der Waals surface area contributed by atoms with Gasteiger partial charge in [0.25, 0.3) is 0 Å². The number of anilines is 1. The van der Waals surface area contributed by atoms with E-state index in [1.807, 2.05) is 43.6 Å². The number of carbonyl (C=O) groups excluding carboxylic acids is 1. The second-order valence-corrected chi connectivity index (χ2v) is 21.1. The van der Waals surface area contributed by atoms with Gasteiger partial charge in [0, 0.05) is 59.8 Å². The third-order valence-corrected chi connectivity index (χ3v) is 16.5. The van der Waals surface area contributed by atoms with Crippen molar-refractivity contribution < 1.29 is 44.9 Å². The van der Waals surface area contributed by atoms with E-state index >= 15 is 4.79 Å². The molecule has 5 aromatic rings. The standard InChI is InChI=1S/C59H68N4O9/c1-34-6-4-7-36(22-34)32-72-52-28-39(26-50(69)57(52)70)40-27-49(68)56(48(67)14-10-35-9-13-47(66)51(23-35)71-3)59(19-16-46(65)44(59)30-42-8-5-20-61-42)41-17-21-62-53(29-41)63-45-12-11-37-24-43(64)25-38-15-18-58(31-40,33-60-2)55(45)54(37)38/h4-5,7-9,11-13,15,17-18,20,23-26,28-29,34,36,40,44,46,48,56,60-67,69-70H,6,10,14,16,19,21-22,27,30-33H2,1-3H3. The highest BCUT2D eigenvalue weighted by Gasteiger charge is 2.58. The number of aromatic amines is 1. The molecule has 0 radical (unpaired) electrons. The molecule has 5 aliphatic rings. The maximum Gasteiger partial charge on any atom is 0.200 e. The molecule has 13 heteroatoms. The molecule has 1 saturated carbocycles. The Morgan fingerprint density at radius 3 is 2.65 bits per heavy atom. The van der Waals surface area contributed by atoms with Gasteiger partial charge in [0.05, 0.1) is 31.8 Å². The Kier molecular flexibility index (Phi) is 13.7. The average Bonchev–Trinajstić information content (AvgIpc) is 4.00. The molecule has 3 aliphatic carbocycles. The Bertz CT molecular complexity index is 2960. The fourth-order valence-electron chi connectivity index (χ4n) is 13.2. The van der Waals surface area contributed by atoms with Crippen LogP contribution in [0.4, 0.5) is 5.69 Å². The highest BCUT2D eigenvalue weighted by Crippen LogP contribution is 2.59. The quantitative estimate of drug-likeness (QED) is 0.0396. The number of aromatic hydroxyl groups is 4. The van der Waals surface area contributed by atoms with Crippen molar-refractivity contribution in [1.82, 2.24) is 15.6 Å². The van der Waals surface area contributed by atoms with Crippen molar-refractivity contribution in [3.8, 4) is 34.5 Å². The monoisotopic (exact) mass is 976 g/mol. The number of phenolic OH excluding ortho intramolecular Hbond substituents is 4. The molecule has 378 valence electrons. The number of aryl methyl sites for hydroxylation is 1. The Balaban J connectivity index is 1.17. The van der Waals surface area contributed by atoms with Crippen molar-refractivity contribution in [2.75, 3.05) is 39.2 Å². The SMILES string of the molecule is CNCC12C=Cc3cc(O)cc4ccc(c1c34)NC1=CC(=CCN1)C1(CCC(O)C1Cc1ccc[nH]1)C(C(O)CCc1ccc(O)c(OC)c1)C(=O)CC(c1cc(O)c(O)c(OCC3C=CCC(C)C3)c1)C2. The number of ether oxygens (including phenoxy) is 2. The van der Waals surface area contributed by atoms with Gasteiger partial charge in [-0.15, -0.1) is 0 Å². The third kappa shape index (κ3) is 9.22. The normalized spacial score (nSPS) is 27.2. The van der Waals surface area contributed by atoms with Gasteiger partial charge in [-0.1, -0.05) is 49.4 Å². The Hall–Kier alpha value is -6.67. The van der Waals surface area contributed by atoms with Gasteiger partial charge < -0.3 is 61.0 Å². The summed E-state index contributed by atoms with van der Waals surface area (Å²) in [6.07, 6.45) is 16.5. The number of H-pyrrole nitrogens is 1. The molecule has 1 fully saturated rings. The topological polar surface area (TPSA) is 209 Å². The minimum absolute atomic E-state index is 0.000904. The number of likely N-dealkylation sites (N-methyl/N-ethyl adjacent to an activating group) is 1. The molecule has 9 unspecified atom stereocenters. The van der Waals surface area contributed by atoms with E-state index < -0.39 is 40.8 Å². The first-order valence-corrected chi connectivity index (χ1v) is 25.6. The molecule has 2 aliphatic heterocycles. The number of hydrogen-bond donors (Lipinski definition) is 10. The number of aliphatic hydroxyl groups is 2. The van der Waals surface area contributed by atoms with Crippen molar-refractivity contribution in [1.29, 1.82) is 0 Å². The number of dihydropyridines is 1. The van der Waals surface area contributed by atoms with E-state index in [0.29, 0.717) is 74.9 Å². The molecule has 4 aromatic carbocycles. The molecular formula is C59H68N4O9. The van der Waals surface area contributed by atoms with Crippen molar-refractivity contribution in [2.24, 2.45) is 29.1 Å². The molecule has 0 saturated heterocycles. The van der Waals surface area contributed by atoms with Crippen LogP contribution in [0.25, 0.3) is 16.8 Å². The maximum atomic E-state index is 16.4. The summed E-state index contributed by atoms with van der Waals surface area (Å²) in [5, 5.41) is 82.6. The van der Waals surface area contributed by atoms with Gasteiger partial charge in [0.15, 0.2) is 23.0 Å². The van der Waals surface area contributed by atoms with Crippen LogP contribution in [0, 0.1) is 29.1 Å². The van der Waals surface area contributed by atoms with Crippen molar-refractivity contribution in [2.45, 2.75) is 88.3 Å². The molecule has 2 bridgehead atoms. The molecule has 3 heterocycles. The van der Waals surface area contributed by atoms with E-state index in [4.69, 9.17) is 9.47 Å². The molecule has 13 nitrogen and oxygen atoms in total. The highest BCUT2D eigenvalue weighted by atomic mass is 16.5. The van der Waals surface area contributed by atoms with Gasteiger partial charge in [-0.3, -0.25) is 4.79 Å². The second kappa shape index (κ2) is 20.1. The predicted molar refractivity (Wildman–Crippen MR) is 279 cm³/mol. The van der Waals surface area contributed by atoms with Crippen LogP contribution in [0.2, 0.25) is 0 Å². The number of benzene rings is 4. The summed E-state index contributed by atoms with van der Waals surface area (Å²) < 4.78 is 11.9. The summed E-state index contributed by atoms with van der Waals surface area (Å²) in [6, 6.07) is 19.9. The summed E-state index contributed by atoms with van der Waals surface area (Å²) >= 11 is 0. The lowest BCUT2D eigenvalue weighted by atomic mass is 9.57. The molecular weight excluding hydrogens is 909 g/mol. The number of allylic oxidation sites excluding steroid dienone is 3. The minimum atomic E-state index is -1.20. The molecule has 72 heavy (non-hydrogen) atoms. The van der Waals surface area contributed by atoms with E-state index in [2.05, 4.69) is 58.2 Å². The van der Waals surface area contributed by atoms with Gasteiger partial charge >= 0.3 is 0 Å². The summed E-state index contributed by atoms with van der Waals surface area (Å²) in [6.45, 7) is 3.36. The van der Waals surface area contributed by atoms with E-state index in [1.54, 1.807) is 42.5 Å². The average molecular weight is 977 g/mol. The van der Waals surface area contributed by atoms with E-state index in [9.17, 15) is 30.6 Å². The van der Waals surface area contributed by atoms with Crippen LogP contribution < -0.4 is 25.4 Å². The molecule has 0 amide bonds. The lowest BCUT2D eigenvalue weighted by Crippen LogP contribution is -2.50. The number of ketones is 1. The van der Waals surface area contributed by atoms with Crippen LogP contribution in [0.1, 0.15) is 85.7 Å². The fraction of sp³-hybridized carbons (Fsp3) is 0.407. The summed E-state index contributed by atoms with van der Waals surface area (Å²) in [7, 11) is 3.39. The van der Waals surface area contributed by atoms with Gasteiger partial charge in [0.2, 0.25) is 5.75 Å². The largest absolute Gasteiger partial charge is 0.508 e. The number of aromatic nitrogens is 1. The Labute approximate surface area is 421 Å². The number of fused-ring (bicyclic) bond motifs is 2. The van der Waals surface area contributed by atoms with Crippen molar-refractivity contribution >= 4 is 28.3 Å². The van der Waals surface area contributed by atoms with Crippen molar-refractivity contribution in [3.05, 3.63) is 143 Å². The molecule has 1 spiro atoms. The van der Waals surface area contributed by atoms with E-state index in [-0.39, 0.29) is 53.3 Å². The smallest absolute Gasteiger partial charge is 0.200 e. The summed E-state index contributed by atoms with van der Waals surface area (Å²) in [5.41, 5.74) is 3.93. The minimum Gasteiger partial charge on any atom is -0.508 e. The van der Waals surface area contributed by atoms with Crippen molar-refractivity contribution in [3.63, 3.8) is 0 Å². The molecule has 1 aromatic heterocycles. The lowest BCUT2D eigenvalue weighted by molar-refractivity contribution is -0.134. The zero-order chi connectivity index (χ0) is 50.3.